The monoisotopic (exact) mass is 316 g/mol. The lowest BCUT2D eigenvalue weighted by Crippen LogP contribution is -2.40. The SMILES string of the molecule is CCC(C)C(N)C(=O)Nc1cccc(OCCOC)c1.Cl. The number of hydrogen-bond donors (Lipinski definition) is 2. The minimum absolute atomic E-state index is 0. The van der Waals surface area contributed by atoms with Crippen molar-refractivity contribution >= 4 is 24.0 Å². The first-order valence-electron chi connectivity index (χ1n) is 6.86. The van der Waals surface area contributed by atoms with E-state index in [0.29, 0.717) is 24.7 Å². The molecule has 0 aliphatic heterocycles. The third-order valence-corrected chi connectivity index (χ3v) is 3.22. The van der Waals surface area contributed by atoms with E-state index in [-0.39, 0.29) is 24.2 Å². The van der Waals surface area contributed by atoms with Crippen LogP contribution in [0.15, 0.2) is 24.3 Å². The van der Waals surface area contributed by atoms with Gasteiger partial charge in [-0.1, -0.05) is 26.3 Å². The maximum Gasteiger partial charge on any atom is 0.241 e. The molecule has 21 heavy (non-hydrogen) atoms. The van der Waals surface area contributed by atoms with Gasteiger partial charge in [0.2, 0.25) is 5.91 Å². The van der Waals surface area contributed by atoms with Gasteiger partial charge in [0.15, 0.2) is 0 Å². The lowest BCUT2D eigenvalue weighted by Gasteiger charge is -2.18. The molecular weight excluding hydrogens is 292 g/mol. The molecule has 2 unspecified atom stereocenters. The highest BCUT2D eigenvalue weighted by Crippen LogP contribution is 2.18. The molecule has 1 aromatic carbocycles. The van der Waals surface area contributed by atoms with E-state index in [1.54, 1.807) is 13.2 Å². The molecule has 2 atom stereocenters. The van der Waals surface area contributed by atoms with E-state index in [4.69, 9.17) is 15.2 Å². The summed E-state index contributed by atoms with van der Waals surface area (Å²) in [6.07, 6.45) is 0.870. The summed E-state index contributed by atoms with van der Waals surface area (Å²) in [6.45, 7) is 4.98. The van der Waals surface area contributed by atoms with Gasteiger partial charge in [0, 0.05) is 18.9 Å². The summed E-state index contributed by atoms with van der Waals surface area (Å²) in [6, 6.07) is 6.74. The Morgan fingerprint density at radius 3 is 2.71 bits per heavy atom. The van der Waals surface area contributed by atoms with Gasteiger partial charge in [-0.05, 0) is 18.1 Å². The van der Waals surface area contributed by atoms with Crippen LogP contribution in [0.3, 0.4) is 0 Å². The zero-order chi connectivity index (χ0) is 15.0. The van der Waals surface area contributed by atoms with Crippen LogP contribution < -0.4 is 15.8 Å². The highest BCUT2D eigenvalue weighted by Gasteiger charge is 2.19. The van der Waals surface area contributed by atoms with E-state index in [2.05, 4.69) is 5.32 Å². The zero-order valence-electron chi connectivity index (χ0n) is 12.8. The molecule has 0 aromatic heterocycles. The van der Waals surface area contributed by atoms with Gasteiger partial charge in [0.1, 0.15) is 12.4 Å². The largest absolute Gasteiger partial charge is 0.491 e. The molecule has 0 heterocycles. The second-order valence-corrected chi connectivity index (χ2v) is 4.77. The first-order chi connectivity index (χ1) is 9.58. The number of halogens is 1. The third-order valence-electron chi connectivity index (χ3n) is 3.22. The molecule has 6 heteroatoms. The molecule has 0 saturated heterocycles. The number of hydrogen-bond acceptors (Lipinski definition) is 4. The van der Waals surface area contributed by atoms with Crippen molar-refractivity contribution in [1.82, 2.24) is 0 Å². The lowest BCUT2D eigenvalue weighted by atomic mass is 9.99. The van der Waals surface area contributed by atoms with Crippen LogP contribution in [0, 0.1) is 5.92 Å². The van der Waals surface area contributed by atoms with Gasteiger partial charge >= 0.3 is 0 Å². The number of rotatable bonds is 8. The van der Waals surface area contributed by atoms with E-state index in [0.717, 1.165) is 6.42 Å². The predicted octanol–water partition coefficient (Wildman–Crippen LogP) is 2.45. The molecule has 120 valence electrons. The number of nitrogens with two attached hydrogens (primary N) is 1. The van der Waals surface area contributed by atoms with Crippen molar-refractivity contribution in [2.24, 2.45) is 11.7 Å². The van der Waals surface area contributed by atoms with Crippen molar-refractivity contribution in [1.29, 1.82) is 0 Å². The van der Waals surface area contributed by atoms with Crippen LogP contribution >= 0.6 is 12.4 Å². The molecule has 1 aromatic rings. The highest BCUT2D eigenvalue weighted by atomic mass is 35.5. The van der Waals surface area contributed by atoms with Crippen molar-refractivity contribution in [3.05, 3.63) is 24.3 Å². The minimum atomic E-state index is -0.502. The molecule has 1 rings (SSSR count). The average molecular weight is 317 g/mol. The van der Waals surface area contributed by atoms with Crippen LogP contribution in [0.25, 0.3) is 0 Å². The third kappa shape index (κ3) is 6.80. The van der Waals surface area contributed by atoms with Crippen molar-refractivity contribution in [2.75, 3.05) is 25.6 Å². The maximum atomic E-state index is 12.0. The first-order valence-corrected chi connectivity index (χ1v) is 6.86. The summed E-state index contributed by atoms with van der Waals surface area (Å²) < 4.78 is 10.4. The molecule has 1 amide bonds. The Hall–Kier alpha value is -1.30. The number of methoxy groups -OCH3 is 1. The van der Waals surface area contributed by atoms with Crippen LogP contribution in [0.5, 0.6) is 5.75 Å². The fraction of sp³-hybridized carbons (Fsp3) is 0.533. The first kappa shape index (κ1) is 19.7. The number of carbonyl (C=O) groups is 1. The lowest BCUT2D eigenvalue weighted by molar-refractivity contribution is -0.118. The molecular formula is C15H25ClN2O3. The molecule has 0 aliphatic rings. The van der Waals surface area contributed by atoms with Gasteiger partial charge in [0.25, 0.3) is 0 Å². The van der Waals surface area contributed by atoms with Crippen LogP contribution in [0.1, 0.15) is 20.3 Å². The smallest absolute Gasteiger partial charge is 0.241 e. The second kappa shape index (κ2) is 10.4. The topological polar surface area (TPSA) is 73.6 Å². The van der Waals surface area contributed by atoms with Crippen LogP contribution in [-0.4, -0.2) is 32.3 Å². The van der Waals surface area contributed by atoms with E-state index >= 15 is 0 Å². The molecule has 0 saturated carbocycles. The van der Waals surface area contributed by atoms with Crippen molar-refractivity contribution in [3.8, 4) is 5.75 Å². The standard InChI is InChI=1S/C15H24N2O3.ClH/c1-4-11(2)14(16)15(18)17-12-6-5-7-13(10-12)20-9-8-19-3;/h5-7,10-11,14H,4,8-9,16H2,1-3H3,(H,17,18);1H. The van der Waals surface area contributed by atoms with Crippen molar-refractivity contribution in [3.63, 3.8) is 0 Å². The number of ether oxygens (including phenoxy) is 2. The highest BCUT2D eigenvalue weighted by molar-refractivity contribution is 5.95. The number of anilines is 1. The summed E-state index contributed by atoms with van der Waals surface area (Å²) in [5.41, 5.74) is 6.58. The van der Waals surface area contributed by atoms with Crippen LogP contribution in [0.2, 0.25) is 0 Å². The van der Waals surface area contributed by atoms with Crippen LogP contribution in [0.4, 0.5) is 5.69 Å². The molecule has 0 aliphatic carbocycles. The Bertz CT molecular complexity index is 429. The van der Waals surface area contributed by atoms with Crippen LogP contribution in [-0.2, 0) is 9.53 Å². The minimum Gasteiger partial charge on any atom is -0.491 e. The van der Waals surface area contributed by atoms with Gasteiger partial charge < -0.3 is 20.5 Å². The predicted molar refractivity (Wildman–Crippen MR) is 87.1 cm³/mol. The Balaban J connectivity index is 0.00000400. The average Bonchev–Trinajstić information content (AvgIpc) is 2.46. The van der Waals surface area contributed by atoms with Gasteiger partial charge in [-0.25, -0.2) is 0 Å². The van der Waals surface area contributed by atoms with E-state index in [1.807, 2.05) is 32.0 Å². The molecule has 3 N–H and O–H groups in total. The Morgan fingerprint density at radius 2 is 2.10 bits per heavy atom. The summed E-state index contributed by atoms with van der Waals surface area (Å²) in [5, 5.41) is 2.81. The molecule has 0 spiro atoms. The summed E-state index contributed by atoms with van der Waals surface area (Å²) >= 11 is 0. The number of carbonyl (C=O) groups excluding carboxylic acids is 1. The van der Waals surface area contributed by atoms with Gasteiger partial charge in [-0.2, -0.15) is 0 Å². The molecule has 5 nitrogen and oxygen atoms in total. The van der Waals surface area contributed by atoms with E-state index in [9.17, 15) is 4.79 Å². The van der Waals surface area contributed by atoms with Crippen molar-refractivity contribution < 1.29 is 14.3 Å². The Kier molecular flexibility index (Phi) is 9.78. The quantitative estimate of drug-likeness (QED) is 0.722. The molecule has 0 bridgehead atoms. The number of amides is 1. The fourth-order valence-electron chi connectivity index (χ4n) is 1.64. The fourth-order valence-corrected chi connectivity index (χ4v) is 1.64. The number of nitrogens with one attached hydrogen (secondary N) is 1. The Labute approximate surface area is 132 Å². The summed E-state index contributed by atoms with van der Waals surface area (Å²) in [7, 11) is 1.62. The number of benzene rings is 1. The maximum absolute atomic E-state index is 12.0. The molecule has 0 fully saturated rings. The van der Waals surface area contributed by atoms with Gasteiger partial charge in [-0.3, -0.25) is 4.79 Å². The van der Waals surface area contributed by atoms with Gasteiger partial charge in [0.05, 0.1) is 12.6 Å². The summed E-state index contributed by atoms with van der Waals surface area (Å²) in [5.74, 6) is 0.668. The zero-order valence-corrected chi connectivity index (χ0v) is 13.6. The summed E-state index contributed by atoms with van der Waals surface area (Å²) in [4.78, 5) is 12.0. The van der Waals surface area contributed by atoms with Crippen molar-refractivity contribution in [2.45, 2.75) is 26.3 Å². The second-order valence-electron chi connectivity index (χ2n) is 4.77. The van der Waals surface area contributed by atoms with Gasteiger partial charge in [-0.15, -0.1) is 12.4 Å². The Morgan fingerprint density at radius 1 is 1.38 bits per heavy atom. The van der Waals surface area contributed by atoms with E-state index < -0.39 is 6.04 Å². The normalized spacial score (nSPS) is 13.0. The molecule has 0 radical (unpaired) electrons. The van der Waals surface area contributed by atoms with E-state index in [1.165, 1.54) is 0 Å².